The van der Waals surface area contributed by atoms with Gasteiger partial charge in [-0.3, -0.25) is 0 Å². The Hall–Kier alpha value is -3.09. The second-order valence-corrected chi connectivity index (χ2v) is 8.28. The Bertz CT molecular complexity index is 1160. The first-order valence-electron chi connectivity index (χ1n) is 9.76. The molecule has 0 radical (unpaired) electrons. The molecule has 0 atom stereocenters. The van der Waals surface area contributed by atoms with Crippen molar-refractivity contribution in [2.45, 2.75) is 24.4 Å². The molecule has 31 heavy (non-hydrogen) atoms. The van der Waals surface area contributed by atoms with Crippen LogP contribution < -0.4 is 4.74 Å². The van der Waals surface area contributed by atoms with E-state index in [-0.39, 0.29) is 0 Å². The minimum atomic E-state index is 0.542. The van der Waals surface area contributed by atoms with Crippen LogP contribution in [0.1, 0.15) is 22.3 Å². The highest BCUT2D eigenvalue weighted by Gasteiger charge is 2.06. The minimum Gasteiger partial charge on any atom is -0.489 e. The standard InChI is InChI=1S/C24H21ClN4OS/c1-18-6-8-20(9-7-18)15-30-22-12-10-19(11-13-22)14-27-29-17-26-28-24(29)31-16-21-4-2-3-5-23(21)25/h2-14,17H,15-16H2,1H3. The van der Waals surface area contributed by atoms with Crippen molar-refractivity contribution < 1.29 is 4.74 Å². The molecule has 0 saturated carbocycles. The van der Waals surface area contributed by atoms with Gasteiger partial charge >= 0.3 is 0 Å². The van der Waals surface area contributed by atoms with Gasteiger partial charge in [-0.05, 0) is 53.9 Å². The number of benzene rings is 3. The fourth-order valence-corrected chi connectivity index (χ4v) is 3.93. The first-order valence-corrected chi connectivity index (χ1v) is 11.1. The molecule has 0 bridgehead atoms. The number of halogens is 1. The van der Waals surface area contributed by atoms with Crippen molar-refractivity contribution >= 4 is 29.6 Å². The van der Waals surface area contributed by atoms with Crippen molar-refractivity contribution in [1.82, 2.24) is 14.9 Å². The minimum absolute atomic E-state index is 0.542. The van der Waals surface area contributed by atoms with E-state index in [2.05, 4.69) is 46.5 Å². The molecular formula is C24H21ClN4OS. The van der Waals surface area contributed by atoms with Crippen LogP contribution in [0.4, 0.5) is 0 Å². The summed E-state index contributed by atoms with van der Waals surface area (Å²) in [6.45, 7) is 2.62. The summed E-state index contributed by atoms with van der Waals surface area (Å²) in [5.41, 5.74) is 4.39. The lowest BCUT2D eigenvalue weighted by molar-refractivity contribution is 0.306. The Morgan fingerprint density at radius 3 is 2.58 bits per heavy atom. The third-order valence-electron chi connectivity index (χ3n) is 4.55. The fourth-order valence-electron chi connectivity index (χ4n) is 2.78. The smallest absolute Gasteiger partial charge is 0.212 e. The van der Waals surface area contributed by atoms with Gasteiger partial charge in [-0.25, -0.2) is 0 Å². The molecule has 5 nitrogen and oxygen atoms in total. The molecule has 0 fully saturated rings. The summed E-state index contributed by atoms with van der Waals surface area (Å²) in [6.07, 6.45) is 3.36. The molecule has 4 aromatic rings. The topological polar surface area (TPSA) is 52.3 Å². The number of hydrogen-bond donors (Lipinski definition) is 0. The lowest BCUT2D eigenvalue weighted by Gasteiger charge is -2.07. The van der Waals surface area contributed by atoms with Gasteiger partial charge in [0.2, 0.25) is 5.16 Å². The molecule has 0 N–H and O–H groups in total. The van der Waals surface area contributed by atoms with Gasteiger partial charge in [-0.2, -0.15) is 9.78 Å². The first kappa shape index (κ1) is 21.2. The highest BCUT2D eigenvalue weighted by Crippen LogP contribution is 2.25. The number of hydrogen-bond acceptors (Lipinski definition) is 5. The number of rotatable bonds is 8. The second kappa shape index (κ2) is 10.3. The fraction of sp³-hybridized carbons (Fsp3) is 0.125. The summed E-state index contributed by atoms with van der Waals surface area (Å²) < 4.78 is 7.51. The van der Waals surface area contributed by atoms with Crippen molar-refractivity contribution in [2.75, 3.05) is 0 Å². The number of aryl methyl sites for hydroxylation is 1. The third-order valence-corrected chi connectivity index (χ3v) is 5.90. The Morgan fingerprint density at radius 1 is 1.03 bits per heavy atom. The zero-order chi connectivity index (χ0) is 21.5. The van der Waals surface area contributed by atoms with Crippen LogP contribution in [0.3, 0.4) is 0 Å². The average molecular weight is 449 g/mol. The zero-order valence-electron chi connectivity index (χ0n) is 17.0. The van der Waals surface area contributed by atoms with Gasteiger partial charge in [0.05, 0.1) is 6.21 Å². The SMILES string of the molecule is Cc1ccc(COc2ccc(C=Nn3cnnc3SCc3ccccc3Cl)cc2)cc1. The maximum Gasteiger partial charge on any atom is 0.212 e. The van der Waals surface area contributed by atoms with Crippen molar-refractivity contribution in [1.29, 1.82) is 0 Å². The van der Waals surface area contributed by atoms with Crippen LogP contribution in [0.2, 0.25) is 5.02 Å². The largest absolute Gasteiger partial charge is 0.489 e. The summed E-state index contributed by atoms with van der Waals surface area (Å²) in [4.78, 5) is 0. The molecule has 0 aliphatic carbocycles. The van der Waals surface area contributed by atoms with Gasteiger partial charge in [0.15, 0.2) is 0 Å². The van der Waals surface area contributed by atoms with Gasteiger partial charge < -0.3 is 4.74 Å². The van der Waals surface area contributed by atoms with Gasteiger partial charge in [0, 0.05) is 10.8 Å². The van der Waals surface area contributed by atoms with E-state index in [0.717, 1.165) is 27.5 Å². The van der Waals surface area contributed by atoms with Crippen molar-refractivity contribution in [2.24, 2.45) is 5.10 Å². The van der Waals surface area contributed by atoms with Crippen LogP contribution in [0.15, 0.2) is 89.4 Å². The Labute approximate surface area is 190 Å². The normalized spacial score (nSPS) is 11.2. The molecule has 0 aliphatic rings. The van der Waals surface area contributed by atoms with E-state index < -0.39 is 0 Å². The van der Waals surface area contributed by atoms with E-state index in [4.69, 9.17) is 16.3 Å². The summed E-state index contributed by atoms with van der Waals surface area (Å²) >= 11 is 7.76. The maximum atomic E-state index is 6.23. The van der Waals surface area contributed by atoms with Gasteiger partial charge in [0.1, 0.15) is 18.7 Å². The van der Waals surface area contributed by atoms with Gasteiger partial charge in [-0.1, -0.05) is 71.4 Å². The highest BCUT2D eigenvalue weighted by molar-refractivity contribution is 7.98. The molecule has 1 heterocycles. The summed E-state index contributed by atoms with van der Waals surface area (Å²) in [5, 5.41) is 14.0. The first-order chi connectivity index (χ1) is 15.2. The third kappa shape index (κ3) is 5.96. The quantitative estimate of drug-likeness (QED) is 0.245. The van der Waals surface area contributed by atoms with Crippen molar-refractivity contribution in [3.8, 4) is 5.75 Å². The van der Waals surface area contributed by atoms with Crippen LogP contribution in [-0.2, 0) is 12.4 Å². The Balaban J connectivity index is 1.34. The van der Waals surface area contributed by atoms with Crippen LogP contribution in [-0.4, -0.2) is 21.1 Å². The van der Waals surface area contributed by atoms with Gasteiger partial charge in [0.25, 0.3) is 0 Å². The number of aromatic nitrogens is 3. The number of nitrogens with zero attached hydrogens (tertiary/aromatic N) is 4. The predicted octanol–water partition coefficient (Wildman–Crippen LogP) is 5.99. The summed E-state index contributed by atoms with van der Waals surface area (Å²) in [5.74, 6) is 1.51. The lowest BCUT2D eigenvalue weighted by Crippen LogP contribution is -1.96. The van der Waals surface area contributed by atoms with Crippen LogP contribution in [0, 0.1) is 6.92 Å². The molecule has 0 amide bonds. The molecule has 3 aromatic carbocycles. The lowest BCUT2D eigenvalue weighted by atomic mass is 10.2. The maximum absolute atomic E-state index is 6.23. The van der Waals surface area contributed by atoms with Crippen molar-refractivity contribution in [3.63, 3.8) is 0 Å². The molecule has 0 unspecified atom stereocenters. The summed E-state index contributed by atoms with van der Waals surface area (Å²) in [6, 6.07) is 23.9. The Kier molecular flexibility index (Phi) is 7.02. The summed E-state index contributed by atoms with van der Waals surface area (Å²) in [7, 11) is 0. The Morgan fingerprint density at radius 2 is 1.81 bits per heavy atom. The molecule has 7 heteroatoms. The molecule has 0 aliphatic heterocycles. The molecule has 0 saturated heterocycles. The van der Waals surface area contributed by atoms with E-state index in [9.17, 15) is 0 Å². The van der Waals surface area contributed by atoms with E-state index in [1.165, 1.54) is 17.3 Å². The van der Waals surface area contributed by atoms with Crippen LogP contribution in [0.5, 0.6) is 5.75 Å². The second-order valence-electron chi connectivity index (χ2n) is 6.93. The number of thioether (sulfide) groups is 1. The monoisotopic (exact) mass is 448 g/mol. The van der Waals surface area contributed by atoms with E-state index in [0.29, 0.717) is 17.5 Å². The molecule has 156 valence electrons. The number of ether oxygens (including phenoxy) is 1. The zero-order valence-corrected chi connectivity index (χ0v) is 18.6. The van der Waals surface area contributed by atoms with Crippen LogP contribution in [0.25, 0.3) is 0 Å². The molecular weight excluding hydrogens is 428 g/mol. The van der Waals surface area contributed by atoms with E-state index in [1.54, 1.807) is 17.2 Å². The predicted molar refractivity (Wildman–Crippen MR) is 126 cm³/mol. The van der Waals surface area contributed by atoms with Crippen LogP contribution >= 0.6 is 23.4 Å². The van der Waals surface area contributed by atoms with E-state index in [1.807, 2.05) is 48.5 Å². The average Bonchev–Trinajstić information content (AvgIpc) is 3.25. The molecule has 4 rings (SSSR count). The van der Waals surface area contributed by atoms with Gasteiger partial charge in [-0.15, -0.1) is 10.2 Å². The van der Waals surface area contributed by atoms with E-state index >= 15 is 0 Å². The molecule has 0 spiro atoms. The van der Waals surface area contributed by atoms with Crippen molar-refractivity contribution in [3.05, 3.63) is 106 Å². The highest BCUT2D eigenvalue weighted by atomic mass is 35.5. The molecule has 1 aromatic heterocycles.